The number of halogens is 4. The molecule has 1 fully saturated rings. The SMILES string of the molecule is O=C(COc1ccc(F)c(C(F)(F)F)c1)N1CCOCC1. The van der Waals surface area contributed by atoms with Crippen LogP contribution in [0.5, 0.6) is 5.75 Å². The number of ether oxygens (including phenoxy) is 2. The Balaban J connectivity index is 1.98. The number of morpholine rings is 1. The molecule has 1 aliphatic heterocycles. The predicted octanol–water partition coefficient (Wildman–Crippen LogP) is 2.08. The zero-order chi connectivity index (χ0) is 15.5. The third-order valence-electron chi connectivity index (χ3n) is 2.97. The average Bonchev–Trinajstić information content (AvgIpc) is 2.45. The lowest BCUT2D eigenvalue weighted by atomic mass is 10.2. The van der Waals surface area contributed by atoms with Crippen LogP contribution in [0.2, 0.25) is 0 Å². The van der Waals surface area contributed by atoms with Crippen LogP contribution in [-0.4, -0.2) is 43.7 Å². The van der Waals surface area contributed by atoms with Crippen molar-refractivity contribution in [3.63, 3.8) is 0 Å². The topological polar surface area (TPSA) is 38.8 Å². The highest BCUT2D eigenvalue weighted by molar-refractivity contribution is 5.77. The Bertz CT molecular complexity index is 513. The number of hydrogen-bond acceptors (Lipinski definition) is 3. The predicted molar refractivity (Wildman–Crippen MR) is 64.3 cm³/mol. The summed E-state index contributed by atoms with van der Waals surface area (Å²) in [5, 5.41) is 0. The van der Waals surface area contributed by atoms with Gasteiger partial charge in [0.1, 0.15) is 11.6 Å². The normalized spacial score (nSPS) is 15.9. The van der Waals surface area contributed by atoms with Gasteiger partial charge >= 0.3 is 6.18 Å². The van der Waals surface area contributed by atoms with Crippen LogP contribution < -0.4 is 4.74 Å². The molecule has 116 valence electrons. The number of nitrogens with zero attached hydrogens (tertiary/aromatic N) is 1. The van der Waals surface area contributed by atoms with Gasteiger partial charge in [0.2, 0.25) is 0 Å². The zero-order valence-corrected chi connectivity index (χ0v) is 11.0. The van der Waals surface area contributed by atoms with E-state index in [-0.39, 0.29) is 11.7 Å². The number of alkyl halides is 3. The lowest BCUT2D eigenvalue weighted by Gasteiger charge is -2.26. The average molecular weight is 307 g/mol. The molecule has 0 unspecified atom stereocenters. The van der Waals surface area contributed by atoms with Gasteiger partial charge in [-0.05, 0) is 18.2 Å². The Labute approximate surface area is 118 Å². The van der Waals surface area contributed by atoms with Crippen molar-refractivity contribution in [3.8, 4) is 5.75 Å². The first kappa shape index (κ1) is 15.6. The van der Waals surface area contributed by atoms with E-state index < -0.39 is 24.2 Å². The highest BCUT2D eigenvalue weighted by atomic mass is 19.4. The summed E-state index contributed by atoms with van der Waals surface area (Å²) in [5.74, 6) is -1.93. The number of benzene rings is 1. The Morgan fingerprint density at radius 3 is 2.57 bits per heavy atom. The van der Waals surface area contributed by atoms with Crippen molar-refractivity contribution in [2.24, 2.45) is 0 Å². The van der Waals surface area contributed by atoms with E-state index in [1.807, 2.05) is 0 Å². The second kappa shape index (κ2) is 6.30. The highest BCUT2D eigenvalue weighted by Gasteiger charge is 2.34. The standard InChI is InChI=1S/C13H13F4NO3/c14-11-2-1-9(7-10(11)13(15,16)17)21-8-12(19)18-3-5-20-6-4-18/h1-2,7H,3-6,8H2. The van der Waals surface area contributed by atoms with Gasteiger partial charge in [-0.1, -0.05) is 0 Å². The van der Waals surface area contributed by atoms with Gasteiger partial charge in [0.15, 0.2) is 6.61 Å². The second-order valence-corrected chi connectivity index (χ2v) is 4.42. The van der Waals surface area contributed by atoms with Crippen molar-refractivity contribution in [1.82, 2.24) is 4.90 Å². The quantitative estimate of drug-likeness (QED) is 0.803. The molecular formula is C13H13F4NO3. The van der Waals surface area contributed by atoms with Crippen LogP contribution in [0, 0.1) is 5.82 Å². The molecule has 0 N–H and O–H groups in total. The van der Waals surface area contributed by atoms with E-state index in [9.17, 15) is 22.4 Å². The van der Waals surface area contributed by atoms with E-state index in [1.54, 1.807) is 0 Å². The molecule has 1 amide bonds. The highest BCUT2D eigenvalue weighted by Crippen LogP contribution is 2.33. The molecule has 0 radical (unpaired) electrons. The van der Waals surface area contributed by atoms with Gasteiger partial charge in [0, 0.05) is 13.1 Å². The Morgan fingerprint density at radius 2 is 1.95 bits per heavy atom. The second-order valence-electron chi connectivity index (χ2n) is 4.42. The van der Waals surface area contributed by atoms with Gasteiger partial charge in [-0.2, -0.15) is 13.2 Å². The van der Waals surface area contributed by atoms with E-state index in [4.69, 9.17) is 9.47 Å². The number of rotatable bonds is 3. The van der Waals surface area contributed by atoms with Crippen molar-refractivity contribution in [1.29, 1.82) is 0 Å². The van der Waals surface area contributed by atoms with Gasteiger partial charge in [-0.3, -0.25) is 4.79 Å². The number of hydrogen-bond donors (Lipinski definition) is 0. The van der Waals surface area contributed by atoms with Crippen LogP contribution in [0.25, 0.3) is 0 Å². The van der Waals surface area contributed by atoms with Crippen LogP contribution >= 0.6 is 0 Å². The number of carbonyl (C=O) groups excluding carboxylic acids is 1. The molecular weight excluding hydrogens is 294 g/mol. The van der Waals surface area contributed by atoms with E-state index in [2.05, 4.69) is 0 Å². The summed E-state index contributed by atoms with van der Waals surface area (Å²) < 4.78 is 60.8. The maximum Gasteiger partial charge on any atom is 0.419 e. The first-order valence-corrected chi connectivity index (χ1v) is 6.23. The van der Waals surface area contributed by atoms with Crippen molar-refractivity contribution < 1.29 is 31.8 Å². The molecule has 0 bridgehead atoms. The molecule has 1 saturated heterocycles. The summed E-state index contributed by atoms with van der Waals surface area (Å²) in [4.78, 5) is 13.3. The maximum absolute atomic E-state index is 13.1. The molecule has 0 atom stereocenters. The molecule has 1 aliphatic rings. The van der Waals surface area contributed by atoms with Crippen LogP contribution in [0.1, 0.15) is 5.56 Å². The van der Waals surface area contributed by atoms with Crippen LogP contribution in [-0.2, 0) is 15.7 Å². The van der Waals surface area contributed by atoms with E-state index >= 15 is 0 Å². The summed E-state index contributed by atoms with van der Waals surface area (Å²) in [5.41, 5.74) is -1.42. The van der Waals surface area contributed by atoms with Crippen molar-refractivity contribution >= 4 is 5.91 Å². The first-order chi connectivity index (χ1) is 9.88. The monoisotopic (exact) mass is 307 g/mol. The van der Waals surface area contributed by atoms with E-state index in [0.717, 1.165) is 6.07 Å². The molecule has 2 rings (SSSR count). The Hall–Kier alpha value is -1.83. The number of amides is 1. The minimum absolute atomic E-state index is 0.203. The lowest BCUT2D eigenvalue weighted by molar-refractivity contribution is -0.140. The van der Waals surface area contributed by atoms with Gasteiger partial charge in [0.05, 0.1) is 18.8 Å². The molecule has 1 aromatic rings. The lowest BCUT2D eigenvalue weighted by Crippen LogP contribution is -2.42. The fourth-order valence-electron chi connectivity index (χ4n) is 1.86. The van der Waals surface area contributed by atoms with E-state index in [1.165, 1.54) is 4.90 Å². The molecule has 4 nitrogen and oxygen atoms in total. The van der Waals surface area contributed by atoms with Crippen LogP contribution in [0.4, 0.5) is 17.6 Å². The largest absolute Gasteiger partial charge is 0.484 e. The minimum Gasteiger partial charge on any atom is -0.484 e. The number of carbonyl (C=O) groups is 1. The summed E-state index contributed by atoms with van der Waals surface area (Å²) >= 11 is 0. The molecule has 1 aromatic carbocycles. The molecule has 1 heterocycles. The van der Waals surface area contributed by atoms with Crippen molar-refractivity contribution in [3.05, 3.63) is 29.6 Å². The van der Waals surface area contributed by atoms with Gasteiger partial charge in [-0.15, -0.1) is 0 Å². The van der Waals surface area contributed by atoms with Gasteiger partial charge < -0.3 is 14.4 Å². The van der Waals surface area contributed by atoms with E-state index in [0.29, 0.717) is 38.4 Å². The fraction of sp³-hybridized carbons (Fsp3) is 0.462. The summed E-state index contributed by atoms with van der Waals surface area (Å²) in [6.45, 7) is 1.27. The molecule has 0 spiro atoms. The Morgan fingerprint density at radius 1 is 1.29 bits per heavy atom. The van der Waals surface area contributed by atoms with Gasteiger partial charge in [0.25, 0.3) is 5.91 Å². The molecule has 0 saturated carbocycles. The van der Waals surface area contributed by atoms with Crippen molar-refractivity contribution in [2.45, 2.75) is 6.18 Å². The summed E-state index contributed by atoms with van der Waals surface area (Å²) in [6, 6.07) is 2.26. The summed E-state index contributed by atoms with van der Waals surface area (Å²) in [6.07, 6.45) is -4.81. The maximum atomic E-state index is 13.1. The van der Waals surface area contributed by atoms with Crippen LogP contribution in [0.3, 0.4) is 0 Å². The van der Waals surface area contributed by atoms with Crippen molar-refractivity contribution in [2.75, 3.05) is 32.9 Å². The Kier molecular flexibility index (Phi) is 4.66. The van der Waals surface area contributed by atoms with Crippen LogP contribution in [0.15, 0.2) is 18.2 Å². The fourth-order valence-corrected chi connectivity index (χ4v) is 1.86. The molecule has 8 heteroatoms. The molecule has 21 heavy (non-hydrogen) atoms. The van der Waals surface area contributed by atoms with Gasteiger partial charge in [-0.25, -0.2) is 4.39 Å². The minimum atomic E-state index is -4.81. The smallest absolute Gasteiger partial charge is 0.419 e. The summed E-state index contributed by atoms with van der Waals surface area (Å²) in [7, 11) is 0. The first-order valence-electron chi connectivity index (χ1n) is 6.23. The zero-order valence-electron chi connectivity index (χ0n) is 11.0. The third-order valence-corrected chi connectivity index (χ3v) is 2.97. The molecule has 0 aromatic heterocycles. The third kappa shape index (κ3) is 4.07. The molecule has 0 aliphatic carbocycles.